The predicted octanol–water partition coefficient (Wildman–Crippen LogP) is 1.71. The molecule has 96 valence electrons. The summed E-state index contributed by atoms with van der Waals surface area (Å²) in [6.07, 6.45) is 3.30. The predicted molar refractivity (Wildman–Crippen MR) is 73.3 cm³/mol. The number of nitrogens with one attached hydrogen (secondary N) is 1. The Hall–Kier alpha value is -1.35. The van der Waals surface area contributed by atoms with Gasteiger partial charge < -0.3 is 10.2 Å². The Balaban J connectivity index is 1.91. The first-order chi connectivity index (χ1) is 8.75. The first kappa shape index (κ1) is 11.7. The summed E-state index contributed by atoms with van der Waals surface area (Å²) < 4.78 is 0. The first-order valence-electron chi connectivity index (χ1n) is 6.83. The van der Waals surface area contributed by atoms with E-state index < -0.39 is 0 Å². The fourth-order valence-corrected chi connectivity index (χ4v) is 3.12. The Bertz CT molecular complexity index is 470. The third kappa shape index (κ3) is 2.03. The Morgan fingerprint density at radius 3 is 3.11 bits per heavy atom. The van der Waals surface area contributed by atoms with Crippen molar-refractivity contribution in [2.75, 3.05) is 31.6 Å². The molecule has 2 heterocycles. The molecule has 3 rings (SSSR count). The number of aryl methyl sites for hydroxylation is 1. The summed E-state index contributed by atoms with van der Waals surface area (Å²) in [5, 5.41) is 3.15. The van der Waals surface area contributed by atoms with Gasteiger partial charge in [-0.15, -0.1) is 0 Å². The third-order valence-corrected chi connectivity index (χ3v) is 4.15. The van der Waals surface area contributed by atoms with Gasteiger partial charge in [0.2, 0.25) is 0 Å². The SMILES string of the molecule is CN1CCCc2cc(C3CCNCC3=O)ccc21. The van der Waals surface area contributed by atoms with E-state index in [1.54, 1.807) is 0 Å². The zero-order valence-electron chi connectivity index (χ0n) is 10.9. The Labute approximate surface area is 108 Å². The number of hydrogen-bond donors (Lipinski definition) is 1. The van der Waals surface area contributed by atoms with Gasteiger partial charge >= 0.3 is 0 Å². The number of benzene rings is 1. The van der Waals surface area contributed by atoms with Crippen molar-refractivity contribution in [3.05, 3.63) is 29.3 Å². The minimum absolute atomic E-state index is 0.115. The Kier molecular flexibility index (Phi) is 3.08. The molecule has 18 heavy (non-hydrogen) atoms. The quantitative estimate of drug-likeness (QED) is 0.816. The Morgan fingerprint density at radius 1 is 1.39 bits per heavy atom. The standard InChI is InChI=1S/C15H20N2O/c1-17-8-2-3-12-9-11(4-5-14(12)17)13-6-7-16-10-15(13)18/h4-5,9,13,16H,2-3,6-8,10H2,1H3. The van der Waals surface area contributed by atoms with Crippen molar-refractivity contribution in [3.63, 3.8) is 0 Å². The molecule has 1 N–H and O–H groups in total. The highest BCUT2D eigenvalue weighted by Crippen LogP contribution is 2.31. The second-order valence-electron chi connectivity index (χ2n) is 5.40. The molecule has 1 fully saturated rings. The highest BCUT2D eigenvalue weighted by atomic mass is 16.1. The van der Waals surface area contributed by atoms with Crippen LogP contribution in [0.1, 0.15) is 29.9 Å². The number of piperidine rings is 1. The van der Waals surface area contributed by atoms with Gasteiger partial charge in [-0.3, -0.25) is 4.79 Å². The van der Waals surface area contributed by atoms with Gasteiger partial charge in [0.15, 0.2) is 5.78 Å². The molecule has 1 saturated heterocycles. The highest BCUT2D eigenvalue weighted by Gasteiger charge is 2.25. The van der Waals surface area contributed by atoms with Crippen LogP contribution in [0.2, 0.25) is 0 Å². The normalized spacial score (nSPS) is 23.9. The van der Waals surface area contributed by atoms with Gasteiger partial charge in [0, 0.05) is 25.2 Å². The van der Waals surface area contributed by atoms with E-state index in [0.29, 0.717) is 12.3 Å². The summed E-state index contributed by atoms with van der Waals surface area (Å²) in [4.78, 5) is 14.3. The highest BCUT2D eigenvalue weighted by molar-refractivity contribution is 5.88. The van der Waals surface area contributed by atoms with Crippen LogP contribution in [0.3, 0.4) is 0 Å². The fraction of sp³-hybridized carbons (Fsp3) is 0.533. The van der Waals surface area contributed by atoms with Crippen LogP contribution in [0.4, 0.5) is 5.69 Å². The molecule has 0 amide bonds. The van der Waals surface area contributed by atoms with Crippen LogP contribution in [-0.4, -0.2) is 32.5 Å². The summed E-state index contributed by atoms with van der Waals surface area (Å²) in [6.45, 7) is 2.62. The molecule has 2 aliphatic heterocycles. The fourth-order valence-electron chi connectivity index (χ4n) is 3.12. The van der Waals surface area contributed by atoms with E-state index in [4.69, 9.17) is 0 Å². The summed E-state index contributed by atoms with van der Waals surface area (Å²) in [7, 11) is 2.15. The van der Waals surface area contributed by atoms with Gasteiger partial charge in [0.25, 0.3) is 0 Å². The van der Waals surface area contributed by atoms with Gasteiger partial charge in [-0.1, -0.05) is 12.1 Å². The van der Waals surface area contributed by atoms with Gasteiger partial charge in [0.1, 0.15) is 0 Å². The molecule has 3 nitrogen and oxygen atoms in total. The molecule has 0 saturated carbocycles. The van der Waals surface area contributed by atoms with Crippen molar-refractivity contribution < 1.29 is 4.79 Å². The van der Waals surface area contributed by atoms with E-state index in [9.17, 15) is 4.79 Å². The molecular weight excluding hydrogens is 224 g/mol. The summed E-state index contributed by atoms with van der Waals surface area (Å²) in [6, 6.07) is 6.60. The lowest BCUT2D eigenvalue weighted by Crippen LogP contribution is -2.35. The van der Waals surface area contributed by atoms with E-state index in [-0.39, 0.29) is 5.92 Å². The number of anilines is 1. The van der Waals surface area contributed by atoms with Crippen LogP contribution < -0.4 is 10.2 Å². The monoisotopic (exact) mass is 244 g/mol. The van der Waals surface area contributed by atoms with Crippen molar-refractivity contribution >= 4 is 11.5 Å². The maximum atomic E-state index is 12.0. The van der Waals surface area contributed by atoms with Crippen molar-refractivity contribution in [1.82, 2.24) is 5.32 Å². The van der Waals surface area contributed by atoms with Crippen LogP contribution in [0.15, 0.2) is 18.2 Å². The average molecular weight is 244 g/mol. The second kappa shape index (κ2) is 4.73. The van der Waals surface area contributed by atoms with Crippen LogP contribution in [-0.2, 0) is 11.2 Å². The van der Waals surface area contributed by atoms with Crippen molar-refractivity contribution in [1.29, 1.82) is 0 Å². The van der Waals surface area contributed by atoms with E-state index in [2.05, 4.69) is 35.5 Å². The topological polar surface area (TPSA) is 32.3 Å². The smallest absolute Gasteiger partial charge is 0.154 e. The molecule has 0 spiro atoms. The third-order valence-electron chi connectivity index (χ3n) is 4.15. The number of hydrogen-bond acceptors (Lipinski definition) is 3. The molecule has 0 aromatic heterocycles. The zero-order chi connectivity index (χ0) is 12.5. The minimum Gasteiger partial charge on any atom is -0.374 e. The lowest BCUT2D eigenvalue weighted by atomic mass is 9.87. The Morgan fingerprint density at radius 2 is 2.28 bits per heavy atom. The molecular formula is C15H20N2O. The number of carbonyl (C=O) groups is 1. The lowest BCUT2D eigenvalue weighted by Gasteiger charge is -2.29. The summed E-state index contributed by atoms with van der Waals surface area (Å²) in [5.74, 6) is 0.453. The average Bonchev–Trinajstić information content (AvgIpc) is 2.39. The number of Topliss-reactive ketones (excluding diaryl/α,β-unsaturated/α-hetero) is 1. The van der Waals surface area contributed by atoms with Crippen LogP contribution in [0.5, 0.6) is 0 Å². The number of rotatable bonds is 1. The summed E-state index contributed by atoms with van der Waals surface area (Å²) >= 11 is 0. The van der Waals surface area contributed by atoms with E-state index >= 15 is 0 Å². The van der Waals surface area contributed by atoms with Crippen LogP contribution in [0.25, 0.3) is 0 Å². The zero-order valence-corrected chi connectivity index (χ0v) is 10.9. The number of carbonyl (C=O) groups excluding carboxylic acids is 1. The van der Waals surface area contributed by atoms with Gasteiger partial charge in [-0.25, -0.2) is 0 Å². The largest absolute Gasteiger partial charge is 0.374 e. The molecule has 1 unspecified atom stereocenters. The molecule has 1 aromatic rings. The maximum Gasteiger partial charge on any atom is 0.154 e. The van der Waals surface area contributed by atoms with Crippen LogP contribution >= 0.6 is 0 Å². The van der Waals surface area contributed by atoms with Gasteiger partial charge in [0.05, 0.1) is 6.54 Å². The van der Waals surface area contributed by atoms with Crippen molar-refractivity contribution in [2.45, 2.75) is 25.2 Å². The number of fused-ring (bicyclic) bond motifs is 1. The molecule has 3 heteroatoms. The molecule has 2 aliphatic rings. The number of nitrogens with zero attached hydrogens (tertiary/aromatic N) is 1. The molecule has 1 aromatic carbocycles. The van der Waals surface area contributed by atoms with Crippen molar-refractivity contribution in [3.8, 4) is 0 Å². The molecule has 1 atom stereocenters. The van der Waals surface area contributed by atoms with E-state index in [1.807, 2.05) is 0 Å². The molecule has 0 aliphatic carbocycles. The maximum absolute atomic E-state index is 12.0. The van der Waals surface area contributed by atoms with E-state index in [1.165, 1.54) is 23.2 Å². The minimum atomic E-state index is 0.115. The van der Waals surface area contributed by atoms with Gasteiger partial charge in [-0.05, 0) is 43.0 Å². The van der Waals surface area contributed by atoms with Crippen LogP contribution in [0, 0.1) is 0 Å². The lowest BCUT2D eigenvalue weighted by molar-refractivity contribution is -0.120. The van der Waals surface area contributed by atoms with E-state index in [0.717, 1.165) is 25.9 Å². The summed E-state index contributed by atoms with van der Waals surface area (Å²) in [5.41, 5.74) is 3.97. The number of ketones is 1. The second-order valence-corrected chi connectivity index (χ2v) is 5.40. The van der Waals surface area contributed by atoms with Crippen molar-refractivity contribution in [2.24, 2.45) is 0 Å². The first-order valence-corrected chi connectivity index (χ1v) is 6.83. The molecule has 0 radical (unpaired) electrons. The van der Waals surface area contributed by atoms with Gasteiger partial charge in [-0.2, -0.15) is 0 Å². The molecule has 0 bridgehead atoms.